The molecular formula is C12H21N3Pt2. The molecule has 2 unspecified atom stereocenters. The van der Waals surface area contributed by atoms with Crippen molar-refractivity contribution in [3.8, 4) is 6.07 Å². The van der Waals surface area contributed by atoms with Crippen molar-refractivity contribution < 1.29 is 42.1 Å². The molecule has 0 aromatic heterocycles. The quantitative estimate of drug-likeness (QED) is 0.498. The third kappa shape index (κ3) is 8.10. The zero-order chi connectivity index (χ0) is 12.3. The maximum absolute atomic E-state index is 9.06. The second kappa shape index (κ2) is 8.42. The van der Waals surface area contributed by atoms with Crippen LogP contribution in [0.15, 0.2) is 0 Å². The number of nitriles is 1. The van der Waals surface area contributed by atoms with Crippen molar-refractivity contribution in [3.63, 3.8) is 0 Å². The Kier molecular flexibility index (Phi) is 11.1. The van der Waals surface area contributed by atoms with Gasteiger partial charge in [-0.3, -0.25) is 4.85 Å². The zero-order valence-electron chi connectivity index (χ0n) is 11.2. The van der Waals surface area contributed by atoms with Gasteiger partial charge in [0.25, 0.3) is 6.17 Å². The molecule has 2 atom stereocenters. The van der Waals surface area contributed by atoms with Gasteiger partial charge in [-0.05, 0) is 5.41 Å². The minimum Gasteiger partial charge on any atom is -0.296 e. The fourth-order valence-electron chi connectivity index (χ4n) is 1.12. The fraction of sp³-hybridized carbons (Fsp3) is 0.833. The van der Waals surface area contributed by atoms with E-state index in [9.17, 15) is 0 Å². The summed E-state index contributed by atoms with van der Waals surface area (Å²) < 4.78 is 0. The van der Waals surface area contributed by atoms with Crippen LogP contribution >= 0.6 is 0 Å². The molecule has 0 saturated carbocycles. The van der Waals surface area contributed by atoms with Gasteiger partial charge in [0.1, 0.15) is 6.04 Å². The van der Waals surface area contributed by atoms with Crippen molar-refractivity contribution in [3.05, 3.63) is 11.4 Å². The average Bonchev–Trinajstić information content (AvgIpc) is 2.01. The first kappa shape index (κ1) is 22.5. The molecule has 0 aliphatic rings. The van der Waals surface area contributed by atoms with E-state index in [2.05, 4.69) is 16.2 Å². The standard InChI is InChI=1S/C12H21N3.2Pt/c1-11(2,3)9(8-13)15-10(14-7)12(4,5)6;;/h9-10,15H,1-6H3;;. The Hall–Kier alpha value is 0.317. The minimum absolute atomic E-state index is 0. The molecule has 1 N–H and O–H groups in total. The Morgan fingerprint density at radius 1 is 1.06 bits per heavy atom. The summed E-state index contributed by atoms with van der Waals surface area (Å²) in [5.74, 6) is 0. The summed E-state index contributed by atoms with van der Waals surface area (Å²) >= 11 is 0. The summed E-state index contributed by atoms with van der Waals surface area (Å²) in [7, 11) is 0. The number of nitrogens with zero attached hydrogens (tertiary/aromatic N) is 2. The van der Waals surface area contributed by atoms with Gasteiger partial charge in [0, 0.05) is 42.1 Å². The number of nitrogens with one attached hydrogen (secondary N) is 1. The van der Waals surface area contributed by atoms with Crippen molar-refractivity contribution in [1.29, 1.82) is 5.26 Å². The normalized spacial score (nSPS) is 14.4. The fourth-order valence-corrected chi connectivity index (χ4v) is 1.12. The van der Waals surface area contributed by atoms with Gasteiger partial charge in [0.05, 0.1) is 11.5 Å². The molecule has 0 radical (unpaired) electrons. The largest absolute Gasteiger partial charge is 0.296 e. The van der Waals surface area contributed by atoms with E-state index in [1.54, 1.807) is 0 Å². The molecule has 0 fully saturated rings. The van der Waals surface area contributed by atoms with Crippen molar-refractivity contribution in [2.24, 2.45) is 10.8 Å². The minimum atomic E-state index is -0.318. The van der Waals surface area contributed by atoms with E-state index in [0.29, 0.717) is 0 Å². The first-order valence-electron chi connectivity index (χ1n) is 5.15. The van der Waals surface area contributed by atoms with Gasteiger partial charge in [-0.25, -0.2) is 11.9 Å². The Balaban J connectivity index is -0.000000980. The van der Waals surface area contributed by atoms with E-state index in [4.69, 9.17) is 11.8 Å². The van der Waals surface area contributed by atoms with Crippen LogP contribution in [0.5, 0.6) is 0 Å². The number of hydrogen-bond donors (Lipinski definition) is 1. The predicted molar refractivity (Wildman–Crippen MR) is 61.8 cm³/mol. The summed E-state index contributed by atoms with van der Waals surface area (Å²) in [6, 6.07) is 1.93. The van der Waals surface area contributed by atoms with E-state index in [1.165, 1.54) is 0 Å². The molecule has 0 aliphatic heterocycles. The van der Waals surface area contributed by atoms with Gasteiger partial charge in [-0.15, -0.1) is 0 Å². The monoisotopic (exact) mass is 597 g/mol. The molecule has 0 heterocycles. The number of rotatable bonds is 2. The number of hydrogen-bond acceptors (Lipinski definition) is 2. The maximum Gasteiger partial charge on any atom is 0.283 e. The third-order valence-corrected chi connectivity index (χ3v) is 2.27. The Labute approximate surface area is 134 Å². The zero-order valence-corrected chi connectivity index (χ0v) is 15.7. The van der Waals surface area contributed by atoms with Crippen LogP contribution < -0.4 is 5.32 Å². The van der Waals surface area contributed by atoms with Gasteiger partial charge in [0.2, 0.25) is 0 Å². The molecule has 0 bridgehead atoms. The predicted octanol–water partition coefficient (Wildman–Crippen LogP) is 2.80. The van der Waals surface area contributed by atoms with Crippen LogP contribution in [0.4, 0.5) is 0 Å². The Morgan fingerprint density at radius 2 is 1.47 bits per heavy atom. The van der Waals surface area contributed by atoms with E-state index in [0.717, 1.165) is 0 Å². The molecule has 0 saturated heterocycles. The van der Waals surface area contributed by atoms with E-state index < -0.39 is 0 Å². The van der Waals surface area contributed by atoms with Crippen LogP contribution in [-0.4, -0.2) is 12.2 Å². The van der Waals surface area contributed by atoms with Crippen molar-refractivity contribution in [1.82, 2.24) is 5.32 Å². The second-order valence-corrected chi connectivity index (χ2v) is 5.99. The van der Waals surface area contributed by atoms with Gasteiger partial charge < -0.3 is 0 Å². The van der Waals surface area contributed by atoms with Gasteiger partial charge in [-0.2, -0.15) is 5.26 Å². The van der Waals surface area contributed by atoms with Crippen LogP contribution in [0.1, 0.15) is 41.5 Å². The Morgan fingerprint density at radius 3 is 1.65 bits per heavy atom. The Bertz CT molecular complexity index is 259. The molecule has 17 heavy (non-hydrogen) atoms. The van der Waals surface area contributed by atoms with Crippen molar-refractivity contribution in [2.45, 2.75) is 53.8 Å². The molecule has 104 valence electrons. The van der Waals surface area contributed by atoms with Crippen LogP contribution in [-0.2, 0) is 42.1 Å². The molecule has 0 amide bonds. The van der Waals surface area contributed by atoms with E-state index >= 15 is 0 Å². The molecule has 0 aliphatic carbocycles. The summed E-state index contributed by atoms with van der Waals surface area (Å²) in [4.78, 5) is 3.55. The molecule has 0 aromatic carbocycles. The van der Waals surface area contributed by atoms with Crippen LogP contribution in [0, 0.1) is 28.7 Å². The summed E-state index contributed by atoms with van der Waals surface area (Å²) in [5.41, 5.74) is -0.301. The molecule has 0 spiro atoms. The summed E-state index contributed by atoms with van der Waals surface area (Å²) in [5, 5.41) is 12.2. The first-order valence-corrected chi connectivity index (χ1v) is 5.15. The molecule has 0 rings (SSSR count). The third-order valence-electron chi connectivity index (χ3n) is 2.27. The SMILES string of the molecule is [C-]#[N+]C(NC(C#N)C(C)(C)C)C(C)(C)C.[Pt].[Pt]. The van der Waals surface area contributed by atoms with Gasteiger partial charge in [0.15, 0.2) is 0 Å². The second-order valence-electron chi connectivity index (χ2n) is 5.99. The maximum atomic E-state index is 9.06. The van der Waals surface area contributed by atoms with Crippen LogP contribution in [0.3, 0.4) is 0 Å². The van der Waals surface area contributed by atoms with E-state index in [1.807, 2.05) is 41.5 Å². The van der Waals surface area contributed by atoms with Crippen molar-refractivity contribution in [2.75, 3.05) is 0 Å². The topological polar surface area (TPSA) is 40.2 Å². The molecule has 3 nitrogen and oxygen atoms in total. The van der Waals surface area contributed by atoms with Crippen LogP contribution in [0.2, 0.25) is 0 Å². The molecule has 5 heteroatoms. The first-order chi connectivity index (χ1) is 6.62. The van der Waals surface area contributed by atoms with Gasteiger partial charge in [-0.1, -0.05) is 41.5 Å². The smallest absolute Gasteiger partial charge is 0.283 e. The average molecular weight is 597 g/mol. The van der Waals surface area contributed by atoms with E-state index in [-0.39, 0.29) is 65.2 Å². The van der Waals surface area contributed by atoms with Crippen molar-refractivity contribution >= 4 is 0 Å². The van der Waals surface area contributed by atoms with Crippen LogP contribution in [0.25, 0.3) is 4.85 Å². The molecule has 0 aromatic rings. The van der Waals surface area contributed by atoms with Gasteiger partial charge >= 0.3 is 0 Å². The summed E-state index contributed by atoms with van der Waals surface area (Å²) in [6.07, 6.45) is -0.318. The molecular weight excluding hydrogens is 576 g/mol. The summed E-state index contributed by atoms with van der Waals surface area (Å²) in [6.45, 7) is 19.1.